The molecule has 3 heterocycles. The van der Waals surface area contributed by atoms with Crippen molar-refractivity contribution >= 4 is 22.4 Å². The molecule has 35 heavy (non-hydrogen) atoms. The summed E-state index contributed by atoms with van der Waals surface area (Å²) in [5.74, 6) is 0.799. The number of nitrogens with zero attached hydrogens (tertiary/aromatic N) is 5. The van der Waals surface area contributed by atoms with Gasteiger partial charge in [-0.05, 0) is 42.5 Å². The molecular weight excluding hydrogens is 464 g/mol. The number of aromatic nitrogens is 5. The molecule has 0 unspecified atom stereocenters. The van der Waals surface area contributed by atoms with Crippen LogP contribution in [0.1, 0.15) is 10.4 Å². The van der Waals surface area contributed by atoms with Crippen molar-refractivity contribution in [3.8, 4) is 39.1 Å². The van der Waals surface area contributed by atoms with Crippen LogP contribution in [0.25, 0.3) is 27.6 Å². The van der Waals surface area contributed by atoms with Gasteiger partial charge >= 0.3 is 0 Å². The highest BCUT2D eigenvalue weighted by molar-refractivity contribution is 7.18. The van der Waals surface area contributed by atoms with Gasteiger partial charge in [0.25, 0.3) is 5.91 Å². The smallest absolute Gasteiger partial charge is 0.261 e. The van der Waals surface area contributed by atoms with Gasteiger partial charge in [0, 0.05) is 18.0 Å². The summed E-state index contributed by atoms with van der Waals surface area (Å²) in [5.41, 5.74) is 2.90. The molecule has 5 rings (SSSR count). The Kier molecular flexibility index (Phi) is 6.18. The molecule has 0 aliphatic heterocycles. The fourth-order valence-corrected chi connectivity index (χ4v) is 4.20. The predicted octanol–water partition coefficient (Wildman–Crippen LogP) is 4.72. The molecule has 2 aromatic carbocycles. The minimum absolute atomic E-state index is 0.343. The van der Waals surface area contributed by atoms with Crippen LogP contribution in [0.5, 0.6) is 11.5 Å². The second-order valence-corrected chi connectivity index (χ2v) is 8.30. The third-order valence-corrected chi connectivity index (χ3v) is 6.03. The van der Waals surface area contributed by atoms with E-state index in [1.54, 1.807) is 49.5 Å². The largest absolute Gasteiger partial charge is 0.497 e. The number of pyridine rings is 1. The minimum Gasteiger partial charge on any atom is -0.497 e. The molecule has 0 spiro atoms. The Bertz CT molecular complexity index is 1470. The van der Waals surface area contributed by atoms with Crippen molar-refractivity contribution in [3.05, 3.63) is 84.7 Å². The molecule has 0 bridgehead atoms. The Morgan fingerprint density at radius 3 is 2.54 bits per heavy atom. The number of benzene rings is 2. The fourth-order valence-electron chi connectivity index (χ4n) is 3.48. The second-order valence-electron chi connectivity index (χ2n) is 7.32. The third kappa shape index (κ3) is 4.59. The summed E-state index contributed by atoms with van der Waals surface area (Å²) in [6.45, 7) is 0. The quantitative estimate of drug-likeness (QED) is 0.356. The van der Waals surface area contributed by atoms with Gasteiger partial charge in [0.15, 0.2) is 5.01 Å². The number of methoxy groups -OCH3 is 2. The van der Waals surface area contributed by atoms with Crippen molar-refractivity contribution in [1.82, 2.24) is 25.0 Å². The molecular formula is C25H20N6O3S. The maximum Gasteiger partial charge on any atom is 0.261 e. The van der Waals surface area contributed by atoms with E-state index in [2.05, 4.69) is 20.5 Å². The average molecular weight is 485 g/mol. The normalized spacial score (nSPS) is 10.7. The summed E-state index contributed by atoms with van der Waals surface area (Å²) >= 11 is 1.24. The number of hydrogen-bond donors (Lipinski definition) is 1. The van der Waals surface area contributed by atoms with Crippen LogP contribution < -0.4 is 14.8 Å². The highest BCUT2D eigenvalue weighted by atomic mass is 32.1. The van der Waals surface area contributed by atoms with Crippen LogP contribution in [0, 0.1) is 0 Å². The average Bonchev–Trinajstić information content (AvgIpc) is 3.57. The molecule has 1 N–H and O–H groups in total. The summed E-state index contributed by atoms with van der Waals surface area (Å²) in [6.07, 6.45) is 3.36. The Balaban J connectivity index is 1.55. The number of amides is 1. The van der Waals surface area contributed by atoms with Gasteiger partial charge in [-0.15, -0.1) is 10.2 Å². The van der Waals surface area contributed by atoms with Gasteiger partial charge in [0.1, 0.15) is 22.9 Å². The second kappa shape index (κ2) is 9.74. The van der Waals surface area contributed by atoms with Crippen molar-refractivity contribution in [2.24, 2.45) is 0 Å². The molecule has 3 aromatic heterocycles. The summed E-state index contributed by atoms with van der Waals surface area (Å²) in [5, 5.41) is 16.8. The van der Waals surface area contributed by atoms with Crippen LogP contribution in [0.3, 0.4) is 0 Å². The maximum atomic E-state index is 13.4. The van der Waals surface area contributed by atoms with E-state index in [9.17, 15) is 4.79 Å². The van der Waals surface area contributed by atoms with E-state index < -0.39 is 0 Å². The zero-order chi connectivity index (χ0) is 24.2. The van der Waals surface area contributed by atoms with Crippen molar-refractivity contribution in [2.75, 3.05) is 19.5 Å². The molecule has 9 nitrogen and oxygen atoms in total. The van der Waals surface area contributed by atoms with Crippen LogP contribution in [0.15, 0.2) is 79.1 Å². The Morgan fingerprint density at radius 1 is 0.971 bits per heavy atom. The first-order valence-electron chi connectivity index (χ1n) is 10.6. The molecule has 0 atom stereocenters. The van der Waals surface area contributed by atoms with E-state index in [-0.39, 0.29) is 5.91 Å². The molecule has 0 fully saturated rings. The van der Waals surface area contributed by atoms with Crippen molar-refractivity contribution in [1.29, 1.82) is 0 Å². The number of carbonyl (C=O) groups excluding carboxylic acids is 1. The molecule has 0 radical (unpaired) electrons. The van der Waals surface area contributed by atoms with Crippen LogP contribution in [-0.4, -0.2) is 45.1 Å². The summed E-state index contributed by atoms with van der Waals surface area (Å²) in [4.78, 5) is 17.7. The van der Waals surface area contributed by atoms with Gasteiger partial charge < -0.3 is 9.47 Å². The number of rotatable bonds is 7. The lowest BCUT2D eigenvalue weighted by molar-refractivity contribution is 0.102. The van der Waals surface area contributed by atoms with Crippen molar-refractivity contribution < 1.29 is 14.3 Å². The maximum absolute atomic E-state index is 13.4. The van der Waals surface area contributed by atoms with Gasteiger partial charge in [0.2, 0.25) is 5.13 Å². The molecule has 0 saturated carbocycles. The number of para-hydroxylation sites is 1. The molecule has 1 amide bonds. The number of hydrogen-bond acceptors (Lipinski definition) is 8. The van der Waals surface area contributed by atoms with Gasteiger partial charge in [-0.25, -0.2) is 4.68 Å². The van der Waals surface area contributed by atoms with Gasteiger partial charge in [-0.3, -0.25) is 15.1 Å². The molecule has 0 saturated heterocycles. The van der Waals surface area contributed by atoms with Crippen molar-refractivity contribution in [3.63, 3.8) is 0 Å². The summed E-state index contributed by atoms with van der Waals surface area (Å²) < 4.78 is 12.6. The van der Waals surface area contributed by atoms with E-state index in [0.29, 0.717) is 44.2 Å². The Hall–Kier alpha value is -4.57. The number of nitrogens with one attached hydrogen (secondary N) is 1. The third-order valence-electron chi connectivity index (χ3n) is 5.17. The van der Waals surface area contributed by atoms with Crippen LogP contribution in [0.2, 0.25) is 0 Å². The van der Waals surface area contributed by atoms with E-state index in [4.69, 9.17) is 14.6 Å². The van der Waals surface area contributed by atoms with Gasteiger partial charge in [-0.1, -0.05) is 35.6 Å². The fraction of sp³-hybridized carbons (Fsp3) is 0.0800. The first-order chi connectivity index (χ1) is 17.2. The zero-order valence-electron chi connectivity index (χ0n) is 18.9. The highest BCUT2D eigenvalue weighted by Crippen LogP contribution is 2.35. The van der Waals surface area contributed by atoms with E-state index in [0.717, 1.165) is 5.69 Å². The topological polar surface area (TPSA) is 104 Å². The molecule has 0 aliphatic carbocycles. The molecule has 5 aromatic rings. The first kappa shape index (κ1) is 22.2. The zero-order valence-corrected chi connectivity index (χ0v) is 19.7. The standard InChI is InChI=1S/C25H20N6O3S/c1-33-17-11-12-21(34-2)18(14-17)22-19(15-31(30-22)16-8-4-3-5-9-16)23(32)27-25-29-28-24(35-25)20-10-6-7-13-26-20/h3-15H,1-2H3,(H,27,29,32). The lowest BCUT2D eigenvalue weighted by Gasteiger charge is -2.10. The van der Waals surface area contributed by atoms with Gasteiger partial charge in [0.05, 0.1) is 25.5 Å². The molecule has 0 aliphatic rings. The van der Waals surface area contributed by atoms with E-state index >= 15 is 0 Å². The summed E-state index contributed by atoms with van der Waals surface area (Å²) in [6, 6.07) is 20.4. The number of ether oxygens (including phenoxy) is 2. The number of carbonyl (C=O) groups is 1. The van der Waals surface area contributed by atoms with Crippen LogP contribution in [-0.2, 0) is 0 Å². The van der Waals surface area contributed by atoms with Crippen LogP contribution in [0.4, 0.5) is 5.13 Å². The highest BCUT2D eigenvalue weighted by Gasteiger charge is 2.23. The van der Waals surface area contributed by atoms with Gasteiger partial charge in [-0.2, -0.15) is 5.10 Å². The van der Waals surface area contributed by atoms with Crippen molar-refractivity contribution in [2.45, 2.75) is 0 Å². The Morgan fingerprint density at radius 2 is 1.80 bits per heavy atom. The summed E-state index contributed by atoms with van der Waals surface area (Å²) in [7, 11) is 3.15. The van der Waals surface area contributed by atoms with Crippen LogP contribution >= 0.6 is 11.3 Å². The Labute approximate surface area is 205 Å². The molecule has 10 heteroatoms. The van der Waals surface area contributed by atoms with E-state index in [1.807, 2.05) is 48.5 Å². The lowest BCUT2D eigenvalue weighted by Crippen LogP contribution is -2.12. The first-order valence-corrected chi connectivity index (χ1v) is 11.4. The monoisotopic (exact) mass is 484 g/mol. The SMILES string of the molecule is COc1ccc(OC)c(-c2nn(-c3ccccc3)cc2C(=O)Nc2nnc(-c3ccccn3)s2)c1. The lowest BCUT2D eigenvalue weighted by atomic mass is 10.1. The predicted molar refractivity (Wildman–Crippen MR) is 133 cm³/mol. The minimum atomic E-state index is -0.379. The molecule has 174 valence electrons. The van der Waals surface area contributed by atoms with E-state index in [1.165, 1.54) is 11.3 Å². The number of anilines is 1.